The number of imidazole rings is 5. The molecule has 12 aromatic carbocycles. The Bertz CT molecular complexity index is 6070. The quantitative estimate of drug-likeness (QED) is 0.0953. The van der Waals surface area contributed by atoms with Crippen molar-refractivity contribution in [2.75, 3.05) is 0 Å². The van der Waals surface area contributed by atoms with E-state index in [1.807, 2.05) is 128 Å². The number of aliphatic carboxylic acids is 1. The van der Waals surface area contributed by atoms with Gasteiger partial charge in [-0.3, -0.25) is 24.1 Å². The zero-order valence-electron chi connectivity index (χ0n) is 76.7. The van der Waals surface area contributed by atoms with Crippen molar-refractivity contribution < 1.29 is 94.7 Å². The Morgan fingerprint density at radius 1 is 0.333 bits per heavy atom. The summed E-state index contributed by atoms with van der Waals surface area (Å²) in [5, 5.41) is 7.12. The Morgan fingerprint density at radius 2 is 0.576 bits per heavy atom. The topological polar surface area (TPSA) is 126 Å². The molecule has 0 aliphatic rings. The van der Waals surface area contributed by atoms with E-state index >= 15 is 0 Å². The fraction of sp³-hybridized carbons (Fsp3) is 0.185. The largest absolute Gasteiger partial charge is 0 e. The molecule has 17 aromatic rings. The summed E-state index contributed by atoms with van der Waals surface area (Å²) in [5.74, 6) is 1.99. The molecule has 0 unspecified atom stereocenters. The van der Waals surface area contributed by atoms with Gasteiger partial charge < -0.3 is 18.8 Å². The van der Waals surface area contributed by atoms with Crippen molar-refractivity contribution >= 4 is 53.9 Å². The van der Waals surface area contributed by atoms with Crippen molar-refractivity contribution in [2.24, 2.45) is 0 Å². The fourth-order valence-corrected chi connectivity index (χ4v) is 16.2. The summed E-state index contributed by atoms with van der Waals surface area (Å²) in [6.45, 7) is 40.9. The number of rotatable bonds is 12. The third kappa shape index (κ3) is 28.6. The molecule has 0 atom stereocenters. The van der Waals surface area contributed by atoms with Crippen LogP contribution in [-0.4, -0.2) is 65.0 Å². The Morgan fingerprint density at radius 3 is 0.848 bits per heavy atom. The molecule has 0 saturated heterocycles. The van der Waals surface area contributed by atoms with Gasteiger partial charge in [-0.15, -0.1) is 108 Å². The van der Waals surface area contributed by atoms with Crippen LogP contribution in [-0.2, 0) is 76.4 Å². The van der Waals surface area contributed by atoms with Crippen LogP contribution in [0.15, 0.2) is 280 Å². The molecular weight excluding hydrogens is 2390 g/mol. The summed E-state index contributed by atoms with van der Waals surface area (Å²) in [5.41, 5.74) is 39.8. The Kier molecular flexibility index (Phi) is 41.0. The van der Waals surface area contributed by atoms with Crippen LogP contribution in [0.4, 0.5) is 13.2 Å². The third-order valence-corrected chi connectivity index (χ3v) is 21.5. The molecule has 0 amide bonds. The van der Waals surface area contributed by atoms with E-state index < -0.39 is 41.3 Å². The van der Waals surface area contributed by atoms with Gasteiger partial charge in [-0.2, -0.15) is 13.2 Å². The van der Waals surface area contributed by atoms with Crippen LogP contribution in [0.25, 0.3) is 108 Å². The van der Waals surface area contributed by atoms with Gasteiger partial charge in [0.1, 0.15) is 11.6 Å². The molecule has 0 aliphatic carbocycles. The van der Waals surface area contributed by atoms with Crippen molar-refractivity contribution in [2.45, 2.75) is 138 Å². The molecule has 2 radical (unpaired) electrons. The molecule has 0 fully saturated rings. The number of hydrogen-bond donors (Lipinski definition) is 1. The summed E-state index contributed by atoms with van der Waals surface area (Å²) in [6, 6.07) is 89.8. The van der Waals surface area contributed by atoms with Gasteiger partial charge in [0.05, 0.1) is 40.2 Å². The van der Waals surface area contributed by atoms with Crippen molar-refractivity contribution in [3.05, 3.63) is 404 Å². The van der Waals surface area contributed by atoms with Gasteiger partial charge >= 0.3 is 89.2 Å². The van der Waals surface area contributed by atoms with Crippen LogP contribution in [0.3, 0.4) is 0 Å². The maximum atomic E-state index is 10.6. The van der Waals surface area contributed by atoms with Gasteiger partial charge in [-0.25, -0.2) is 14.8 Å². The molecule has 0 spiro atoms. The molecule has 12 nitrogen and oxygen atoms in total. The first kappa shape index (κ1) is 107. The molecule has 1 N–H and O–H groups in total. The molecule has 17 rings (SSSR count). The number of carboxylic acid groups (broad SMARTS) is 1. The van der Waals surface area contributed by atoms with Crippen LogP contribution in [0.5, 0.6) is 0 Å². The van der Waals surface area contributed by atoms with Gasteiger partial charge in [0.25, 0.3) is 0 Å². The number of nitrogens with zero attached hydrogens (tertiary/aromatic N) is 10. The minimum atomic E-state index is -5.08. The van der Waals surface area contributed by atoms with Crippen molar-refractivity contribution in [3.8, 4) is 108 Å². The summed E-state index contributed by atoms with van der Waals surface area (Å²) < 4.78 is 42.7. The van der Waals surface area contributed by atoms with E-state index in [1.54, 1.807) is 0 Å². The first-order chi connectivity index (χ1) is 62.0. The van der Waals surface area contributed by atoms with Crippen LogP contribution in [0.2, 0.25) is 0 Å². The van der Waals surface area contributed by atoms with E-state index in [0.717, 1.165) is 79.5 Å². The molecule has 694 valence electrons. The first-order valence-electron chi connectivity index (χ1n) is 41.6. The maximum Gasteiger partial charge on any atom is 0 e. The third-order valence-electron chi connectivity index (χ3n) is 21.5. The minimum absolute atomic E-state index is 0. The smallest absolute Gasteiger partial charge is 0 e. The SMILES string of the molecule is Cc1cc(C)c(-n2cc(-c3ccc(C)c(C)c3)nc2-c2[c-]cccc2)c(C)c1.Cc1cc(C)c(-n2cc(-c3ccc(C)c(C)c3)nc2-c2ccccc2)c(C)c1.Cc1cc(C)c(-n2ccnc2-c2[c-]cccc2)c(C)c1.Cc1cc(C)c(-n2ccnc2-c2[c-]cccc2)c(C)c1.Cc1cc(C)c(-n2ccnc2-c2ccccc2)c(C)c1.O=C(O)C(F)(F)F.[Ag].[Cl][Ir+][Cl].[Cl][Ir]([Cl])[Cl].[Ir]. The summed E-state index contributed by atoms with van der Waals surface area (Å²) in [4.78, 5) is 32.5. The molecule has 0 aliphatic heterocycles. The second kappa shape index (κ2) is 50.4. The van der Waals surface area contributed by atoms with Gasteiger partial charge in [0, 0.05) is 131 Å². The standard InChI is InChI=1S/C26H26N2.C26H25N2.C18H18N2.2C18H17N2.C2HF3O2.Ag.5ClH.3Ir/c2*1-17-13-20(4)25(21(5)14-17)28-16-24(23-12-11-18(2)19(3)15-23)27-26(28)22-9-7-6-8-10-22;3*1-13-11-14(2)17(15(3)12-13)20-10-9-19-18(20)16-7-5-4-6-8-16;3-2(4,5)1(6)7;;;;;;;;;/h6-16H,1-5H3;6-9,11-16H,1-5H3;4-12H,1-3H3;2*4-7,9-12H,1-3H3;(H,6,7);;5*1H;;;/q;-1;;2*-1;;;;;;;;;2*+3/p-5. The molecular formula is C108H104AgCl5F3Ir3N10O2-2. The number of benzene rings is 12. The first-order valence-corrected chi connectivity index (χ1v) is 56.5. The summed E-state index contributed by atoms with van der Waals surface area (Å²) in [7, 11) is 24.7. The van der Waals surface area contributed by atoms with Gasteiger partial charge in [-0.05, 0) is 222 Å². The van der Waals surface area contributed by atoms with E-state index in [1.165, 1.54) is 134 Å². The van der Waals surface area contributed by atoms with E-state index in [4.69, 9.17) is 67.8 Å². The van der Waals surface area contributed by atoms with E-state index in [9.17, 15) is 13.2 Å². The van der Waals surface area contributed by atoms with Crippen molar-refractivity contribution in [1.29, 1.82) is 0 Å². The molecule has 5 aromatic heterocycles. The molecule has 24 heteroatoms. The average molecular weight is 2490 g/mol. The van der Waals surface area contributed by atoms with Crippen LogP contribution in [0.1, 0.15) is 106 Å². The minimum Gasteiger partial charge on any atom is 0 e. The van der Waals surface area contributed by atoms with Crippen LogP contribution >= 0.6 is 47.9 Å². The van der Waals surface area contributed by atoms with E-state index in [-0.39, 0.29) is 42.5 Å². The number of alkyl halides is 3. The van der Waals surface area contributed by atoms with Crippen LogP contribution in [0, 0.1) is 150 Å². The predicted molar refractivity (Wildman–Crippen MR) is 525 cm³/mol. The number of carbonyl (C=O) groups is 1. The average Bonchev–Trinajstić information content (AvgIpc) is 1.61. The molecule has 0 saturated carbocycles. The predicted octanol–water partition coefficient (Wildman–Crippen LogP) is 30.4. The number of aromatic nitrogens is 10. The fourth-order valence-electron chi connectivity index (χ4n) is 16.2. The normalized spacial score (nSPS) is 10.7. The van der Waals surface area contributed by atoms with Gasteiger partial charge in [-0.1, -0.05) is 173 Å². The van der Waals surface area contributed by atoms with E-state index in [2.05, 4.69) is 339 Å². The maximum absolute atomic E-state index is 10.6. The van der Waals surface area contributed by atoms with Gasteiger partial charge in [0.15, 0.2) is 0 Å². The van der Waals surface area contributed by atoms with Gasteiger partial charge in [0.2, 0.25) is 0 Å². The Balaban J connectivity index is 0.000000197. The second-order valence-corrected chi connectivity index (χ2v) is 45.7. The number of aryl methyl sites for hydroxylation is 19. The molecule has 0 bridgehead atoms. The summed E-state index contributed by atoms with van der Waals surface area (Å²) >= 11 is -2.47. The molecule has 132 heavy (non-hydrogen) atoms. The monoisotopic (exact) mass is 2490 g/mol. The zero-order valence-corrected chi connectivity index (χ0v) is 89.2. The van der Waals surface area contributed by atoms with E-state index in [0.29, 0.717) is 0 Å². The van der Waals surface area contributed by atoms with Crippen molar-refractivity contribution in [1.82, 2.24) is 47.8 Å². The second-order valence-electron chi connectivity index (χ2n) is 31.9. The zero-order chi connectivity index (χ0) is 94.4. The number of hydrogen-bond acceptors (Lipinski definition) is 6. The van der Waals surface area contributed by atoms with Crippen LogP contribution < -0.4 is 0 Å². The molecule has 5 heterocycles. The Labute approximate surface area is 837 Å². The van der Waals surface area contributed by atoms with Crippen molar-refractivity contribution in [3.63, 3.8) is 0 Å². The Hall–Kier alpha value is -9.91. The summed E-state index contributed by atoms with van der Waals surface area (Å²) in [6.07, 6.45) is 10.9. The number of carboxylic acids is 1. The number of halogens is 8.